The predicted molar refractivity (Wildman–Crippen MR) is 72.4 cm³/mol. The Morgan fingerprint density at radius 1 is 1.22 bits per heavy atom. The standard InChI is InChI=1S/C15H20N2O/c1-10-4-2-3-5-13(10)17-15(18)14-11-6-7-12(14)9-16-8-11/h2-5,11-12,14,16H,6-9H2,1H3,(H,17,18). The van der Waals surface area contributed by atoms with Gasteiger partial charge in [-0.05, 0) is 56.3 Å². The van der Waals surface area contributed by atoms with Crippen LogP contribution in [0.15, 0.2) is 24.3 Å². The molecule has 3 rings (SSSR count). The second-order valence-corrected chi connectivity index (χ2v) is 5.59. The Kier molecular flexibility index (Phi) is 3.08. The van der Waals surface area contributed by atoms with E-state index in [-0.39, 0.29) is 11.8 Å². The molecule has 1 saturated heterocycles. The average Bonchev–Trinajstić information content (AvgIpc) is 2.62. The molecular weight excluding hydrogens is 224 g/mol. The maximum atomic E-state index is 12.4. The average molecular weight is 244 g/mol. The summed E-state index contributed by atoms with van der Waals surface area (Å²) in [5.74, 6) is 1.50. The second-order valence-electron chi connectivity index (χ2n) is 5.59. The molecule has 2 fully saturated rings. The molecule has 3 heteroatoms. The second kappa shape index (κ2) is 4.73. The van der Waals surface area contributed by atoms with E-state index in [1.165, 1.54) is 12.8 Å². The molecule has 1 saturated carbocycles. The Morgan fingerprint density at radius 3 is 2.56 bits per heavy atom. The van der Waals surface area contributed by atoms with E-state index in [1.807, 2.05) is 31.2 Å². The number of piperidine rings is 1. The van der Waals surface area contributed by atoms with Crippen molar-refractivity contribution in [3.63, 3.8) is 0 Å². The van der Waals surface area contributed by atoms with Crippen LogP contribution in [-0.2, 0) is 4.79 Å². The predicted octanol–water partition coefficient (Wildman–Crippen LogP) is 2.18. The molecule has 2 aliphatic rings. The topological polar surface area (TPSA) is 41.1 Å². The van der Waals surface area contributed by atoms with E-state index in [4.69, 9.17) is 0 Å². The minimum Gasteiger partial charge on any atom is -0.326 e. The van der Waals surface area contributed by atoms with Gasteiger partial charge in [-0.25, -0.2) is 0 Å². The van der Waals surface area contributed by atoms with Crippen LogP contribution in [0.4, 0.5) is 5.69 Å². The van der Waals surface area contributed by atoms with Crippen LogP contribution in [-0.4, -0.2) is 19.0 Å². The molecule has 1 heterocycles. The third kappa shape index (κ3) is 2.03. The highest BCUT2D eigenvalue weighted by Crippen LogP contribution is 2.39. The fourth-order valence-corrected chi connectivity index (χ4v) is 3.44. The molecule has 1 aromatic carbocycles. The van der Waals surface area contributed by atoms with E-state index >= 15 is 0 Å². The first-order chi connectivity index (χ1) is 8.75. The van der Waals surface area contributed by atoms with E-state index in [1.54, 1.807) is 0 Å². The van der Waals surface area contributed by atoms with Crippen molar-refractivity contribution in [1.29, 1.82) is 0 Å². The van der Waals surface area contributed by atoms with E-state index in [2.05, 4.69) is 10.6 Å². The molecule has 2 atom stereocenters. The first kappa shape index (κ1) is 11.7. The third-order valence-corrected chi connectivity index (χ3v) is 4.44. The summed E-state index contributed by atoms with van der Waals surface area (Å²) in [4.78, 5) is 12.4. The van der Waals surface area contributed by atoms with Crippen molar-refractivity contribution >= 4 is 11.6 Å². The van der Waals surface area contributed by atoms with E-state index in [9.17, 15) is 4.79 Å². The quantitative estimate of drug-likeness (QED) is 0.837. The Morgan fingerprint density at radius 2 is 1.89 bits per heavy atom. The summed E-state index contributed by atoms with van der Waals surface area (Å²) in [7, 11) is 0. The van der Waals surface area contributed by atoms with Crippen LogP contribution in [0.3, 0.4) is 0 Å². The highest BCUT2D eigenvalue weighted by molar-refractivity contribution is 5.93. The molecule has 2 unspecified atom stereocenters. The normalized spacial score (nSPS) is 30.2. The van der Waals surface area contributed by atoms with E-state index in [0.29, 0.717) is 11.8 Å². The molecule has 2 N–H and O–H groups in total. The van der Waals surface area contributed by atoms with Gasteiger partial charge < -0.3 is 10.6 Å². The number of benzene rings is 1. The minimum atomic E-state index is 0.214. The van der Waals surface area contributed by atoms with Gasteiger partial charge in [0.1, 0.15) is 0 Å². The van der Waals surface area contributed by atoms with Crippen LogP contribution >= 0.6 is 0 Å². The molecule has 1 aliphatic carbocycles. The zero-order valence-corrected chi connectivity index (χ0v) is 10.8. The zero-order chi connectivity index (χ0) is 12.5. The Balaban J connectivity index is 1.74. The molecule has 2 bridgehead atoms. The highest BCUT2D eigenvalue weighted by Gasteiger charge is 2.43. The number of carbonyl (C=O) groups is 1. The summed E-state index contributed by atoms with van der Waals surface area (Å²) < 4.78 is 0. The van der Waals surface area contributed by atoms with Gasteiger partial charge in [0.2, 0.25) is 5.91 Å². The van der Waals surface area contributed by atoms with Crippen molar-refractivity contribution in [3.8, 4) is 0 Å². The van der Waals surface area contributed by atoms with E-state index in [0.717, 1.165) is 24.3 Å². The lowest BCUT2D eigenvalue weighted by Gasteiger charge is -2.29. The molecule has 3 nitrogen and oxygen atoms in total. The van der Waals surface area contributed by atoms with Crippen LogP contribution in [0.25, 0.3) is 0 Å². The number of fused-ring (bicyclic) bond motifs is 2. The zero-order valence-electron chi connectivity index (χ0n) is 10.8. The van der Waals surface area contributed by atoms with Crippen LogP contribution in [0.5, 0.6) is 0 Å². The smallest absolute Gasteiger partial charge is 0.228 e. The van der Waals surface area contributed by atoms with Crippen LogP contribution in [0.1, 0.15) is 18.4 Å². The van der Waals surface area contributed by atoms with Crippen molar-refractivity contribution < 1.29 is 4.79 Å². The first-order valence-corrected chi connectivity index (χ1v) is 6.83. The van der Waals surface area contributed by atoms with Gasteiger partial charge in [0.25, 0.3) is 0 Å². The minimum absolute atomic E-state index is 0.214. The fourth-order valence-electron chi connectivity index (χ4n) is 3.44. The Bertz CT molecular complexity index is 442. The molecular formula is C15H20N2O. The van der Waals surface area contributed by atoms with Crippen LogP contribution < -0.4 is 10.6 Å². The van der Waals surface area contributed by atoms with Gasteiger partial charge in [-0.2, -0.15) is 0 Å². The van der Waals surface area contributed by atoms with E-state index < -0.39 is 0 Å². The van der Waals surface area contributed by atoms with Crippen molar-refractivity contribution in [2.24, 2.45) is 17.8 Å². The maximum Gasteiger partial charge on any atom is 0.228 e. The molecule has 0 radical (unpaired) electrons. The summed E-state index contributed by atoms with van der Waals surface area (Å²) in [6, 6.07) is 7.99. The number of anilines is 1. The van der Waals surface area contributed by atoms with Gasteiger partial charge in [-0.1, -0.05) is 18.2 Å². The maximum absolute atomic E-state index is 12.4. The van der Waals surface area contributed by atoms with Gasteiger partial charge in [0, 0.05) is 11.6 Å². The lowest BCUT2D eigenvalue weighted by molar-refractivity contribution is -0.122. The van der Waals surface area contributed by atoms with Gasteiger partial charge in [-0.15, -0.1) is 0 Å². The van der Waals surface area contributed by atoms with Crippen molar-refractivity contribution in [1.82, 2.24) is 5.32 Å². The SMILES string of the molecule is Cc1ccccc1NC(=O)C1C2CCC1CNC2. The summed E-state index contributed by atoms with van der Waals surface area (Å²) in [5, 5.41) is 6.54. The number of rotatable bonds is 2. The summed E-state index contributed by atoms with van der Waals surface area (Å²) in [5.41, 5.74) is 2.09. The monoisotopic (exact) mass is 244 g/mol. The summed E-state index contributed by atoms with van der Waals surface area (Å²) in [6.07, 6.45) is 2.40. The number of amides is 1. The number of para-hydroxylation sites is 1. The van der Waals surface area contributed by atoms with Crippen molar-refractivity contribution in [3.05, 3.63) is 29.8 Å². The summed E-state index contributed by atoms with van der Waals surface area (Å²) >= 11 is 0. The first-order valence-electron chi connectivity index (χ1n) is 6.83. The molecule has 1 aliphatic heterocycles. The lowest BCUT2D eigenvalue weighted by atomic mass is 9.85. The van der Waals surface area contributed by atoms with Gasteiger partial charge in [0.15, 0.2) is 0 Å². The van der Waals surface area contributed by atoms with Crippen LogP contribution in [0, 0.1) is 24.7 Å². The number of nitrogens with one attached hydrogen (secondary N) is 2. The Hall–Kier alpha value is -1.35. The molecule has 1 amide bonds. The molecule has 1 aromatic rings. The van der Waals surface area contributed by atoms with Gasteiger partial charge >= 0.3 is 0 Å². The lowest BCUT2D eigenvalue weighted by Crippen LogP contribution is -2.43. The van der Waals surface area contributed by atoms with Crippen LogP contribution in [0.2, 0.25) is 0 Å². The number of aryl methyl sites for hydroxylation is 1. The van der Waals surface area contributed by atoms with Crippen molar-refractivity contribution in [2.75, 3.05) is 18.4 Å². The largest absolute Gasteiger partial charge is 0.326 e. The Labute approximate surface area is 108 Å². The van der Waals surface area contributed by atoms with Gasteiger partial charge in [-0.3, -0.25) is 4.79 Å². The third-order valence-electron chi connectivity index (χ3n) is 4.44. The molecule has 96 valence electrons. The highest BCUT2D eigenvalue weighted by atomic mass is 16.1. The molecule has 0 spiro atoms. The summed E-state index contributed by atoms with van der Waals surface area (Å²) in [6.45, 7) is 4.04. The molecule has 0 aromatic heterocycles. The molecule has 18 heavy (non-hydrogen) atoms. The van der Waals surface area contributed by atoms with Crippen molar-refractivity contribution in [2.45, 2.75) is 19.8 Å². The fraction of sp³-hybridized carbons (Fsp3) is 0.533. The number of hydrogen-bond acceptors (Lipinski definition) is 2. The number of hydrogen-bond donors (Lipinski definition) is 2. The number of carbonyl (C=O) groups excluding carboxylic acids is 1. The van der Waals surface area contributed by atoms with Gasteiger partial charge in [0.05, 0.1) is 0 Å².